The summed E-state index contributed by atoms with van der Waals surface area (Å²) in [7, 11) is 0. The summed E-state index contributed by atoms with van der Waals surface area (Å²) >= 11 is 0. The number of nitrogens with one attached hydrogen (secondary N) is 1. The highest BCUT2D eigenvalue weighted by molar-refractivity contribution is 5.91. The summed E-state index contributed by atoms with van der Waals surface area (Å²) in [5.41, 5.74) is 6.56. The molecule has 1 unspecified atom stereocenters. The van der Waals surface area contributed by atoms with Gasteiger partial charge in [-0.15, -0.1) is 0 Å². The molecule has 4 aromatic rings. The van der Waals surface area contributed by atoms with Gasteiger partial charge in [-0.05, 0) is 79.4 Å². The summed E-state index contributed by atoms with van der Waals surface area (Å²) in [5, 5.41) is 2.98. The van der Waals surface area contributed by atoms with Gasteiger partial charge in [0.1, 0.15) is 11.5 Å². The molecule has 1 N–H and O–H groups in total. The van der Waals surface area contributed by atoms with Crippen LogP contribution in [-0.2, 0) is 4.79 Å². The molecule has 5 heteroatoms. The van der Waals surface area contributed by atoms with Crippen LogP contribution in [0.4, 0.5) is 10.1 Å². The van der Waals surface area contributed by atoms with Crippen molar-refractivity contribution in [2.75, 3.05) is 5.32 Å². The Bertz CT molecular complexity index is 1230. The van der Waals surface area contributed by atoms with E-state index in [2.05, 4.69) is 10.3 Å². The van der Waals surface area contributed by atoms with Crippen LogP contribution < -0.4 is 5.32 Å². The highest BCUT2D eigenvalue weighted by Crippen LogP contribution is 2.30. The van der Waals surface area contributed by atoms with Crippen molar-refractivity contribution < 1.29 is 9.18 Å². The van der Waals surface area contributed by atoms with E-state index < -0.39 is 0 Å². The van der Waals surface area contributed by atoms with Crippen molar-refractivity contribution in [1.82, 2.24) is 9.38 Å². The standard InChI is InChI=1S/C25H24FN3O/c1-16-9-10-29-23(15-27-24(29)11-16)22(19-5-4-6-20(26)13-19)14-25(30)28-21-8-7-17(2)18(3)12-21/h4-13,15,22H,14H2,1-3H3,(H,28,30). The molecule has 4 nitrogen and oxygen atoms in total. The number of rotatable bonds is 5. The predicted molar refractivity (Wildman–Crippen MR) is 117 cm³/mol. The first kappa shape index (κ1) is 19.8. The molecule has 2 aromatic carbocycles. The Labute approximate surface area is 175 Å². The smallest absolute Gasteiger partial charge is 0.225 e. The van der Waals surface area contributed by atoms with Gasteiger partial charge in [0.15, 0.2) is 0 Å². The van der Waals surface area contributed by atoms with Crippen LogP contribution in [-0.4, -0.2) is 15.3 Å². The van der Waals surface area contributed by atoms with Crippen LogP contribution in [0.25, 0.3) is 5.65 Å². The lowest BCUT2D eigenvalue weighted by atomic mass is 9.92. The third kappa shape index (κ3) is 4.10. The van der Waals surface area contributed by atoms with Crippen LogP contribution in [0.2, 0.25) is 0 Å². The second kappa shape index (κ2) is 8.11. The zero-order chi connectivity index (χ0) is 21.3. The number of pyridine rings is 1. The van der Waals surface area contributed by atoms with Gasteiger partial charge >= 0.3 is 0 Å². The molecule has 0 bridgehead atoms. The molecule has 0 saturated carbocycles. The van der Waals surface area contributed by atoms with Gasteiger partial charge in [0.2, 0.25) is 5.91 Å². The molecule has 30 heavy (non-hydrogen) atoms. The predicted octanol–water partition coefficient (Wildman–Crippen LogP) is 5.56. The minimum absolute atomic E-state index is 0.130. The maximum absolute atomic E-state index is 14.0. The number of benzene rings is 2. The Morgan fingerprint density at radius 2 is 1.90 bits per heavy atom. The third-order valence-electron chi connectivity index (χ3n) is 5.49. The molecule has 0 saturated heterocycles. The lowest BCUT2D eigenvalue weighted by Gasteiger charge is -2.18. The van der Waals surface area contributed by atoms with Crippen LogP contribution in [0.1, 0.15) is 40.3 Å². The number of carbonyl (C=O) groups is 1. The first-order chi connectivity index (χ1) is 14.4. The Balaban J connectivity index is 1.68. The average Bonchev–Trinajstić information content (AvgIpc) is 3.11. The quantitative estimate of drug-likeness (QED) is 0.476. The van der Waals surface area contributed by atoms with Crippen molar-refractivity contribution in [2.24, 2.45) is 0 Å². The van der Waals surface area contributed by atoms with E-state index in [9.17, 15) is 9.18 Å². The average molecular weight is 401 g/mol. The molecular weight excluding hydrogens is 377 g/mol. The second-order valence-electron chi connectivity index (χ2n) is 7.77. The number of aromatic nitrogens is 2. The Morgan fingerprint density at radius 3 is 2.67 bits per heavy atom. The number of amides is 1. The SMILES string of the molecule is Cc1ccn2c(C(CC(=O)Nc3ccc(C)c(C)c3)c3cccc(F)c3)cnc2c1. The maximum atomic E-state index is 14.0. The summed E-state index contributed by atoms with van der Waals surface area (Å²) in [4.78, 5) is 17.4. The van der Waals surface area contributed by atoms with Gasteiger partial charge in [-0.1, -0.05) is 18.2 Å². The minimum atomic E-state index is -0.329. The van der Waals surface area contributed by atoms with Crippen LogP contribution in [0.3, 0.4) is 0 Å². The lowest BCUT2D eigenvalue weighted by molar-refractivity contribution is -0.116. The van der Waals surface area contributed by atoms with Crippen molar-refractivity contribution in [3.8, 4) is 0 Å². The highest BCUT2D eigenvalue weighted by Gasteiger charge is 2.22. The number of halogens is 1. The van der Waals surface area contributed by atoms with E-state index >= 15 is 0 Å². The highest BCUT2D eigenvalue weighted by atomic mass is 19.1. The molecule has 152 valence electrons. The van der Waals surface area contributed by atoms with Crippen LogP contribution in [0, 0.1) is 26.6 Å². The summed E-state index contributed by atoms with van der Waals surface area (Å²) in [6.07, 6.45) is 3.90. The monoisotopic (exact) mass is 401 g/mol. The van der Waals surface area contributed by atoms with Crippen LogP contribution in [0.5, 0.6) is 0 Å². The van der Waals surface area contributed by atoms with Gasteiger partial charge in [-0.2, -0.15) is 0 Å². The number of nitrogens with zero attached hydrogens (tertiary/aromatic N) is 2. The minimum Gasteiger partial charge on any atom is -0.326 e. The molecule has 1 amide bonds. The van der Waals surface area contributed by atoms with E-state index in [0.29, 0.717) is 0 Å². The van der Waals surface area contributed by atoms with E-state index in [1.165, 1.54) is 17.7 Å². The molecule has 0 radical (unpaired) electrons. The first-order valence-corrected chi connectivity index (χ1v) is 9.97. The molecule has 0 aliphatic carbocycles. The number of carbonyl (C=O) groups excluding carboxylic acids is 1. The number of aryl methyl sites for hydroxylation is 3. The Morgan fingerprint density at radius 1 is 1.07 bits per heavy atom. The van der Waals surface area contributed by atoms with Crippen molar-refractivity contribution in [1.29, 1.82) is 0 Å². The summed E-state index contributed by atoms with van der Waals surface area (Å²) in [5.74, 6) is -0.781. The van der Waals surface area contributed by atoms with Crippen LogP contribution in [0.15, 0.2) is 67.0 Å². The van der Waals surface area contributed by atoms with Gasteiger partial charge in [-0.25, -0.2) is 9.37 Å². The van der Waals surface area contributed by atoms with Gasteiger partial charge in [0, 0.05) is 30.4 Å². The molecule has 0 spiro atoms. The van der Waals surface area contributed by atoms with Gasteiger partial charge in [0.25, 0.3) is 0 Å². The van der Waals surface area contributed by atoms with Gasteiger partial charge in [-0.3, -0.25) is 4.79 Å². The normalized spacial score (nSPS) is 12.1. The fourth-order valence-electron chi connectivity index (χ4n) is 3.69. The number of anilines is 1. The van der Waals surface area contributed by atoms with Gasteiger partial charge < -0.3 is 9.72 Å². The summed E-state index contributed by atoms with van der Waals surface area (Å²) < 4.78 is 15.9. The molecule has 0 fully saturated rings. The largest absolute Gasteiger partial charge is 0.326 e. The molecule has 2 aromatic heterocycles. The number of hydrogen-bond donors (Lipinski definition) is 1. The maximum Gasteiger partial charge on any atom is 0.225 e. The van der Waals surface area contributed by atoms with Crippen molar-refractivity contribution >= 4 is 17.2 Å². The van der Waals surface area contributed by atoms with E-state index in [1.807, 2.05) is 67.8 Å². The van der Waals surface area contributed by atoms with E-state index in [4.69, 9.17) is 0 Å². The fourth-order valence-corrected chi connectivity index (χ4v) is 3.69. The molecular formula is C25H24FN3O. The number of imidazole rings is 1. The zero-order valence-corrected chi connectivity index (χ0v) is 17.3. The van der Waals surface area contributed by atoms with Crippen molar-refractivity contribution in [2.45, 2.75) is 33.1 Å². The van der Waals surface area contributed by atoms with E-state index in [1.54, 1.807) is 12.3 Å². The Hall–Kier alpha value is -3.47. The second-order valence-corrected chi connectivity index (χ2v) is 7.77. The molecule has 1 atom stereocenters. The van der Waals surface area contributed by atoms with Crippen molar-refractivity contribution in [3.63, 3.8) is 0 Å². The van der Waals surface area contributed by atoms with Gasteiger partial charge in [0.05, 0.1) is 5.69 Å². The molecule has 0 aliphatic heterocycles. The zero-order valence-electron chi connectivity index (χ0n) is 17.3. The number of hydrogen-bond acceptors (Lipinski definition) is 2. The molecule has 0 aliphatic rings. The summed E-state index contributed by atoms with van der Waals surface area (Å²) in [6.45, 7) is 6.06. The fraction of sp³-hybridized carbons (Fsp3) is 0.200. The van der Waals surface area contributed by atoms with E-state index in [-0.39, 0.29) is 24.1 Å². The topological polar surface area (TPSA) is 46.4 Å². The summed E-state index contributed by atoms with van der Waals surface area (Å²) in [6, 6.07) is 16.3. The number of fused-ring (bicyclic) bond motifs is 1. The third-order valence-corrected chi connectivity index (χ3v) is 5.49. The molecule has 4 rings (SSSR count). The lowest BCUT2D eigenvalue weighted by Crippen LogP contribution is -2.17. The van der Waals surface area contributed by atoms with E-state index in [0.717, 1.165) is 33.7 Å². The first-order valence-electron chi connectivity index (χ1n) is 9.97. The van der Waals surface area contributed by atoms with Crippen LogP contribution >= 0.6 is 0 Å². The molecule has 2 heterocycles. The van der Waals surface area contributed by atoms with Crippen molar-refractivity contribution in [3.05, 3.63) is 101 Å². The Kier molecular flexibility index (Phi) is 5.36.